The van der Waals surface area contributed by atoms with Crippen LogP contribution in [-0.4, -0.2) is 22.7 Å². The average Bonchev–Trinajstić information content (AvgIpc) is 2.29. The monoisotopic (exact) mass is 286 g/mol. The second-order valence-corrected chi connectivity index (χ2v) is 5.35. The molecule has 18 heavy (non-hydrogen) atoms. The smallest absolute Gasteiger partial charge is 0.310 e. The van der Waals surface area contributed by atoms with Crippen molar-refractivity contribution >= 4 is 40.6 Å². The van der Waals surface area contributed by atoms with Gasteiger partial charge < -0.3 is 15.7 Å². The van der Waals surface area contributed by atoms with Gasteiger partial charge in [0.05, 0.1) is 5.41 Å². The Morgan fingerprint density at radius 3 is 2.44 bits per heavy atom. The van der Waals surface area contributed by atoms with Crippen LogP contribution in [0.2, 0.25) is 5.02 Å². The number of carbonyl (C=O) groups is 1. The highest BCUT2D eigenvalue weighted by Gasteiger charge is 2.26. The first-order valence-electron chi connectivity index (χ1n) is 5.35. The van der Waals surface area contributed by atoms with Crippen molar-refractivity contribution in [3.05, 3.63) is 29.3 Å². The molecule has 0 aliphatic heterocycles. The molecular weight excluding hydrogens is 272 g/mol. The van der Waals surface area contributed by atoms with Crippen molar-refractivity contribution in [2.24, 2.45) is 5.41 Å². The third kappa shape index (κ3) is 4.50. The number of thiocarbonyl (C=S) groups is 1. The summed E-state index contributed by atoms with van der Waals surface area (Å²) in [7, 11) is 0. The highest BCUT2D eigenvalue weighted by atomic mass is 35.5. The lowest BCUT2D eigenvalue weighted by Gasteiger charge is -2.20. The predicted octanol–water partition coefficient (Wildman–Crippen LogP) is 2.74. The molecule has 1 aromatic rings. The van der Waals surface area contributed by atoms with Crippen molar-refractivity contribution in [3.63, 3.8) is 0 Å². The maximum absolute atomic E-state index is 10.9. The van der Waals surface area contributed by atoms with E-state index in [2.05, 4.69) is 10.6 Å². The van der Waals surface area contributed by atoms with Crippen LogP contribution in [0.15, 0.2) is 24.3 Å². The van der Waals surface area contributed by atoms with E-state index in [0.29, 0.717) is 10.1 Å². The Morgan fingerprint density at radius 2 is 1.94 bits per heavy atom. The molecular formula is C12H15ClN2O2S. The Hall–Kier alpha value is -1.33. The van der Waals surface area contributed by atoms with E-state index < -0.39 is 11.4 Å². The Labute approximate surface area is 116 Å². The van der Waals surface area contributed by atoms with Crippen molar-refractivity contribution in [1.29, 1.82) is 0 Å². The van der Waals surface area contributed by atoms with Crippen molar-refractivity contribution in [2.45, 2.75) is 13.8 Å². The number of carboxylic acid groups (broad SMARTS) is 1. The predicted molar refractivity (Wildman–Crippen MR) is 77.1 cm³/mol. The Kier molecular flexibility index (Phi) is 4.93. The molecule has 0 aliphatic carbocycles. The van der Waals surface area contributed by atoms with E-state index >= 15 is 0 Å². The van der Waals surface area contributed by atoms with Gasteiger partial charge in [0, 0.05) is 17.3 Å². The number of rotatable bonds is 4. The Balaban J connectivity index is 2.48. The fraction of sp³-hybridized carbons (Fsp3) is 0.333. The third-order valence-electron chi connectivity index (χ3n) is 2.37. The van der Waals surface area contributed by atoms with Crippen LogP contribution in [0.3, 0.4) is 0 Å². The van der Waals surface area contributed by atoms with Crippen molar-refractivity contribution < 1.29 is 9.90 Å². The van der Waals surface area contributed by atoms with Crippen molar-refractivity contribution in [2.75, 3.05) is 11.9 Å². The van der Waals surface area contributed by atoms with Crippen molar-refractivity contribution in [3.8, 4) is 0 Å². The number of nitrogens with one attached hydrogen (secondary N) is 2. The lowest BCUT2D eigenvalue weighted by molar-refractivity contribution is -0.146. The number of aliphatic carboxylic acids is 1. The maximum Gasteiger partial charge on any atom is 0.310 e. The van der Waals surface area contributed by atoms with E-state index in [0.717, 1.165) is 5.69 Å². The molecule has 0 aliphatic rings. The average molecular weight is 287 g/mol. The minimum Gasteiger partial charge on any atom is -0.481 e. The summed E-state index contributed by atoms with van der Waals surface area (Å²) >= 11 is 10.8. The standard InChI is InChI=1S/C12H15ClN2O2S/c1-12(2,10(16)17)7-14-11(18)15-9-5-3-8(13)4-6-9/h3-6H,7H2,1-2H3,(H,16,17)(H2,14,15,18). The van der Waals surface area contributed by atoms with Crippen LogP contribution in [0.4, 0.5) is 5.69 Å². The van der Waals surface area contributed by atoms with E-state index in [-0.39, 0.29) is 6.54 Å². The van der Waals surface area contributed by atoms with Gasteiger partial charge in [-0.2, -0.15) is 0 Å². The Bertz CT molecular complexity index is 446. The van der Waals surface area contributed by atoms with Gasteiger partial charge in [0.25, 0.3) is 0 Å². The molecule has 0 saturated carbocycles. The second kappa shape index (κ2) is 6.02. The molecule has 0 spiro atoms. The SMILES string of the molecule is CC(C)(CNC(=S)Nc1ccc(Cl)cc1)C(=O)O. The van der Waals surface area contributed by atoms with Crippen LogP contribution < -0.4 is 10.6 Å². The van der Waals surface area contributed by atoms with E-state index in [4.69, 9.17) is 28.9 Å². The van der Waals surface area contributed by atoms with Gasteiger partial charge in [0.15, 0.2) is 5.11 Å². The number of anilines is 1. The zero-order valence-electron chi connectivity index (χ0n) is 10.2. The second-order valence-electron chi connectivity index (χ2n) is 4.50. The fourth-order valence-electron chi connectivity index (χ4n) is 1.09. The molecule has 4 nitrogen and oxygen atoms in total. The largest absolute Gasteiger partial charge is 0.481 e. The third-order valence-corrected chi connectivity index (χ3v) is 2.87. The maximum atomic E-state index is 10.9. The molecule has 1 rings (SSSR count). The number of benzene rings is 1. The van der Waals surface area contributed by atoms with E-state index in [1.54, 1.807) is 38.1 Å². The summed E-state index contributed by atoms with van der Waals surface area (Å²) in [5, 5.41) is 15.8. The molecule has 0 fully saturated rings. The summed E-state index contributed by atoms with van der Waals surface area (Å²) in [6.07, 6.45) is 0. The highest BCUT2D eigenvalue weighted by Crippen LogP contribution is 2.15. The topological polar surface area (TPSA) is 61.4 Å². The lowest BCUT2D eigenvalue weighted by Crippen LogP contribution is -2.40. The van der Waals surface area contributed by atoms with E-state index in [1.807, 2.05) is 0 Å². The number of halogens is 1. The van der Waals surface area contributed by atoms with E-state index in [1.165, 1.54) is 0 Å². The first-order chi connectivity index (χ1) is 8.31. The van der Waals surface area contributed by atoms with Crippen LogP contribution in [0.25, 0.3) is 0 Å². The summed E-state index contributed by atoms with van der Waals surface area (Å²) in [6, 6.07) is 7.07. The zero-order valence-corrected chi connectivity index (χ0v) is 11.7. The molecule has 0 heterocycles. The first-order valence-corrected chi connectivity index (χ1v) is 6.14. The summed E-state index contributed by atoms with van der Waals surface area (Å²) in [5.41, 5.74) is -0.0730. The van der Waals surface area contributed by atoms with Gasteiger partial charge in [0.2, 0.25) is 0 Å². The molecule has 3 N–H and O–H groups in total. The molecule has 98 valence electrons. The molecule has 0 amide bonds. The number of carboxylic acids is 1. The van der Waals surface area contributed by atoms with Crippen LogP contribution in [0, 0.1) is 5.41 Å². The van der Waals surface area contributed by atoms with E-state index in [9.17, 15) is 4.79 Å². The van der Waals surface area contributed by atoms with Gasteiger partial charge in [-0.3, -0.25) is 4.79 Å². The minimum absolute atomic E-state index is 0.252. The molecule has 0 saturated heterocycles. The summed E-state index contributed by atoms with van der Waals surface area (Å²) in [6.45, 7) is 3.52. The first kappa shape index (κ1) is 14.7. The van der Waals surface area contributed by atoms with Crippen LogP contribution in [0.1, 0.15) is 13.8 Å². The summed E-state index contributed by atoms with van der Waals surface area (Å²) in [4.78, 5) is 10.9. The zero-order chi connectivity index (χ0) is 13.8. The molecule has 0 atom stereocenters. The molecule has 0 unspecified atom stereocenters. The van der Waals surface area contributed by atoms with Crippen LogP contribution >= 0.6 is 23.8 Å². The molecule has 0 radical (unpaired) electrons. The minimum atomic E-state index is -0.871. The van der Waals surface area contributed by atoms with Crippen LogP contribution in [0.5, 0.6) is 0 Å². The van der Waals surface area contributed by atoms with Gasteiger partial charge in [-0.15, -0.1) is 0 Å². The molecule has 1 aromatic carbocycles. The quantitative estimate of drug-likeness (QED) is 0.743. The summed E-state index contributed by atoms with van der Waals surface area (Å²) in [5.74, 6) is -0.871. The van der Waals surface area contributed by atoms with Gasteiger partial charge in [-0.25, -0.2) is 0 Å². The highest BCUT2D eigenvalue weighted by molar-refractivity contribution is 7.80. The molecule has 0 bridgehead atoms. The fourth-order valence-corrected chi connectivity index (χ4v) is 1.40. The van der Waals surface area contributed by atoms with Crippen LogP contribution in [-0.2, 0) is 4.79 Å². The molecule has 0 aromatic heterocycles. The molecule has 6 heteroatoms. The number of hydrogen-bond acceptors (Lipinski definition) is 2. The number of hydrogen-bond donors (Lipinski definition) is 3. The van der Waals surface area contributed by atoms with Gasteiger partial charge >= 0.3 is 5.97 Å². The van der Waals surface area contributed by atoms with Gasteiger partial charge in [-0.05, 0) is 50.3 Å². The normalized spacial score (nSPS) is 10.8. The van der Waals surface area contributed by atoms with Gasteiger partial charge in [-0.1, -0.05) is 11.6 Å². The lowest BCUT2D eigenvalue weighted by atomic mass is 9.94. The Morgan fingerprint density at radius 1 is 1.39 bits per heavy atom. The van der Waals surface area contributed by atoms with Crippen molar-refractivity contribution in [1.82, 2.24) is 5.32 Å². The summed E-state index contributed by atoms with van der Waals surface area (Å²) < 4.78 is 0. The van der Waals surface area contributed by atoms with Gasteiger partial charge in [0.1, 0.15) is 0 Å².